The fraction of sp³-hybridized carbons (Fsp3) is 0.700. The van der Waals surface area contributed by atoms with Crippen molar-refractivity contribution in [3.63, 3.8) is 0 Å². The molecule has 3 heterocycles. The molecule has 2 aliphatic rings. The topological polar surface area (TPSA) is 63.5 Å². The predicted molar refractivity (Wildman–Crippen MR) is 148 cm³/mol. The molecule has 2 aromatic rings. The van der Waals surface area contributed by atoms with Gasteiger partial charge in [0, 0.05) is 38.1 Å². The van der Waals surface area contributed by atoms with Gasteiger partial charge in [-0.15, -0.1) is 10.2 Å². The Hall–Kier alpha value is -2.41. The van der Waals surface area contributed by atoms with Crippen LogP contribution < -0.4 is 0 Å². The first kappa shape index (κ1) is 27.6. The van der Waals surface area contributed by atoms with Crippen molar-refractivity contribution in [3.05, 3.63) is 47.5 Å². The van der Waals surface area contributed by atoms with E-state index in [4.69, 9.17) is 4.74 Å². The van der Waals surface area contributed by atoms with Crippen molar-refractivity contribution in [1.29, 1.82) is 0 Å². The minimum atomic E-state index is -0.447. The van der Waals surface area contributed by atoms with Gasteiger partial charge in [-0.1, -0.05) is 44.2 Å². The fourth-order valence-corrected chi connectivity index (χ4v) is 6.14. The highest BCUT2D eigenvalue weighted by molar-refractivity contribution is 5.68. The number of amides is 1. The lowest BCUT2D eigenvalue weighted by atomic mass is 9.78. The SMILES string of the molecule is Cc1nnc(C(C)C)n1C1CCN(CCC(c2ccccc2)C2CCN(C(=O)OC(C)(C)C)CC2)CC1. The second kappa shape index (κ2) is 12.0. The van der Waals surface area contributed by atoms with Gasteiger partial charge in [-0.3, -0.25) is 0 Å². The van der Waals surface area contributed by atoms with Crippen LogP contribution in [0.5, 0.6) is 0 Å². The molecule has 37 heavy (non-hydrogen) atoms. The minimum absolute atomic E-state index is 0.172. The molecule has 0 saturated carbocycles. The summed E-state index contributed by atoms with van der Waals surface area (Å²) in [6, 6.07) is 11.5. The van der Waals surface area contributed by atoms with Gasteiger partial charge in [0.05, 0.1) is 0 Å². The van der Waals surface area contributed by atoms with E-state index in [0.717, 1.165) is 76.5 Å². The summed E-state index contributed by atoms with van der Waals surface area (Å²) in [7, 11) is 0. The first-order valence-electron chi connectivity index (χ1n) is 14.3. The lowest BCUT2D eigenvalue weighted by molar-refractivity contribution is 0.0170. The molecule has 204 valence electrons. The number of hydrogen-bond acceptors (Lipinski definition) is 5. The highest BCUT2D eigenvalue weighted by atomic mass is 16.6. The Kier molecular flexibility index (Phi) is 8.94. The number of benzene rings is 1. The Morgan fingerprint density at radius 1 is 1.00 bits per heavy atom. The van der Waals surface area contributed by atoms with Crippen LogP contribution in [-0.2, 0) is 4.74 Å². The summed E-state index contributed by atoms with van der Waals surface area (Å²) in [5.74, 6) is 3.67. The maximum atomic E-state index is 12.6. The van der Waals surface area contributed by atoms with Crippen LogP contribution in [-0.4, -0.2) is 69.0 Å². The minimum Gasteiger partial charge on any atom is -0.444 e. The molecule has 0 spiro atoms. The standard InChI is InChI=1S/C30H47N5O2/c1-22(2)28-32-31-23(3)35(28)26-14-17-33(18-15-26)19-16-27(24-10-8-7-9-11-24)25-12-20-34(21-13-25)29(36)37-30(4,5)6/h7-11,22,25-27H,12-21H2,1-6H3. The molecular formula is C30H47N5O2. The Morgan fingerprint density at radius 2 is 1.65 bits per heavy atom. The third-order valence-electron chi connectivity index (χ3n) is 8.08. The number of carbonyl (C=O) groups excluding carboxylic acids is 1. The van der Waals surface area contributed by atoms with E-state index in [9.17, 15) is 4.79 Å². The molecule has 2 fully saturated rings. The molecule has 0 radical (unpaired) electrons. The van der Waals surface area contributed by atoms with Gasteiger partial charge in [0.2, 0.25) is 0 Å². The summed E-state index contributed by atoms with van der Waals surface area (Å²) < 4.78 is 8.01. The third kappa shape index (κ3) is 7.13. The summed E-state index contributed by atoms with van der Waals surface area (Å²) in [6.45, 7) is 17.2. The molecule has 4 rings (SSSR count). The normalized spacial score (nSPS) is 19.4. The van der Waals surface area contributed by atoms with E-state index < -0.39 is 5.60 Å². The van der Waals surface area contributed by atoms with Crippen LogP contribution in [0.4, 0.5) is 4.79 Å². The Balaban J connectivity index is 1.34. The second-order valence-corrected chi connectivity index (χ2v) is 12.3. The van der Waals surface area contributed by atoms with Crippen molar-refractivity contribution in [2.75, 3.05) is 32.7 Å². The number of likely N-dealkylation sites (tertiary alicyclic amines) is 2. The maximum absolute atomic E-state index is 12.6. The fourth-order valence-electron chi connectivity index (χ4n) is 6.14. The van der Waals surface area contributed by atoms with Crippen molar-refractivity contribution >= 4 is 6.09 Å². The molecule has 0 aliphatic carbocycles. The Labute approximate surface area is 223 Å². The van der Waals surface area contributed by atoms with Gasteiger partial charge >= 0.3 is 6.09 Å². The van der Waals surface area contributed by atoms with Gasteiger partial charge in [0.15, 0.2) is 0 Å². The van der Waals surface area contributed by atoms with Crippen molar-refractivity contribution in [3.8, 4) is 0 Å². The van der Waals surface area contributed by atoms with Crippen LogP contribution >= 0.6 is 0 Å². The quantitative estimate of drug-likeness (QED) is 0.447. The zero-order valence-corrected chi connectivity index (χ0v) is 23.8. The third-order valence-corrected chi connectivity index (χ3v) is 8.08. The maximum Gasteiger partial charge on any atom is 0.410 e. The van der Waals surface area contributed by atoms with Crippen LogP contribution in [0.15, 0.2) is 30.3 Å². The molecular weight excluding hydrogens is 462 g/mol. The number of carbonyl (C=O) groups is 1. The Morgan fingerprint density at radius 3 is 2.24 bits per heavy atom. The van der Waals surface area contributed by atoms with Gasteiger partial charge in [-0.25, -0.2) is 4.79 Å². The zero-order valence-electron chi connectivity index (χ0n) is 23.8. The molecule has 2 saturated heterocycles. The number of piperidine rings is 2. The number of rotatable bonds is 7. The monoisotopic (exact) mass is 509 g/mol. The lowest BCUT2D eigenvalue weighted by Crippen LogP contribution is -2.43. The van der Waals surface area contributed by atoms with E-state index in [1.807, 2.05) is 25.7 Å². The molecule has 0 N–H and O–H groups in total. The van der Waals surface area contributed by atoms with Gasteiger partial charge in [0.1, 0.15) is 17.2 Å². The average molecular weight is 510 g/mol. The molecule has 1 unspecified atom stereocenters. The smallest absolute Gasteiger partial charge is 0.410 e. The summed E-state index contributed by atoms with van der Waals surface area (Å²) in [4.78, 5) is 17.1. The number of aryl methyl sites for hydroxylation is 1. The van der Waals surface area contributed by atoms with E-state index in [0.29, 0.717) is 23.8 Å². The largest absolute Gasteiger partial charge is 0.444 e. The zero-order chi connectivity index (χ0) is 26.6. The van der Waals surface area contributed by atoms with Gasteiger partial charge in [-0.05, 0) is 83.7 Å². The van der Waals surface area contributed by atoms with Crippen molar-refractivity contribution in [2.45, 2.75) is 97.1 Å². The van der Waals surface area contributed by atoms with E-state index in [-0.39, 0.29) is 6.09 Å². The molecule has 1 aromatic heterocycles. The summed E-state index contributed by atoms with van der Waals surface area (Å²) in [5, 5.41) is 8.83. The summed E-state index contributed by atoms with van der Waals surface area (Å²) in [5.41, 5.74) is 0.993. The number of ether oxygens (including phenoxy) is 1. The van der Waals surface area contributed by atoms with Crippen LogP contribution in [0.25, 0.3) is 0 Å². The van der Waals surface area contributed by atoms with E-state index >= 15 is 0 Å². The average Bonchev–Trinajstić information content (AvgIpc) is 3.26. The lowest BCUT2D eigenvalue weighted by Gasteiger charge is -2.38. The first-order chi connectivity index (χ1) is 17.6. The van der Waals surface area contributed by atoms with Crippen LogP contribution in [0.2, 0.25) is 0 Å². The highest BCUT2D eigenvalue weighted by Crippen LogP contribution is 2.36. The van der Waals surface area contributed by atoms with Crippen LogP contribution in [0.3, 0.4) is 0 Å². The first-order valence-corrected chi connectivity index (χ1v) is 14.3. The van der Waals surface area contributed by atoms with Crippen LogP contribution in [0, 0.1) is 12.8 Å². The predicted octanol–water partition coefficient (Wildman–Crippen LogP) is 6.17. The summed E-state index contributed by atoms with van der Waals surface area (Å²) >= 11 is 0. The molecule has 7 heteroatoms. The Bertz CT molecular complexity index is 997. The number of nitrogens with zero attached hydrogens (tertiary/aromatic N) is 5. The number of aromatic nitrogens is 3. The molecule has 7 nitrogen and oxygen atoms in total. The van der Waals surface area contributed by atoms with Gasteiger partial charge in [-0.2, -0.15) is 0 Å². The summed E-state index contributed by atoms with van der Waals surface area (Å²) in [6.07, 6.45) is 5.37. The van der Waals surface area contributed by atoms with Gasteiger partial charge in [0.25, 0.3) is 0 Å². The molecule has 1 atom stereocenters. The van der Waals surface area contributed by atoms with Gasteiger partial charge < -0.3 is 19.1 Å². The van der Waals surface area contributed by atoms with E-state index in [1.165, 1.54) is 5.56 Å². The highest BCUT2D eigenvalue weighted by Gasteiger charge is 2.32. The molecule has 0 bridgehead atoms. The second-order valence-electron chi connectivity index (χ2n) is 12.3. The number of hydrogen-bond donors (Lipinski definition) is 0. The van der Waals surface area contributed by atoms with Crippen molar-refractivity contribution in [2.24, 2.45) is 5.92 Å². The molecule has 1 aromatic carbocycles. The molecule has 2 aliphatic heterocycles. The molecule has 1 amide bonds. The van der Waals surface area contributed by atoms with E-state index in [1.54, 1.807) is 0 Å². The van der Waals surface area contributed by atoms with Crippen LogP contribution in [0.1, 0.15) is 102 Å². The van der Waals surface area contributed by atoms with Crippen molar-refractivity contribution < 1.29 is 9.53 Å². The van der Waals surface area contributed by atoms with E-state index in [2.05, 4.69) is 70.8 Å². The van der Waals surface area contributed by atoms with Crippen molar-refractivity contribution in [1.82, 2.24) is 24.6 Å².